The van der Waals surface area contributed by atoms with Crippen LogP contribution in [0.5, 0.6) is 0 Å². The van der Waals surface area contributed by atoms with E-state index in [9.17, 15) is 9.59 Å². The van der Waals surface area contributed by atoms with Gasteiger partial charge in [0.25, 0.3) is 5.91 Å². The molecule has 2 heterocycles. The standard InChI is InChI=1S/C25H26N4O4/c1-16(32-25(31)17-8-3-2-4-9-17)15-29-21-12-7-11-20(19(21)14-26-29)27-24(30)23-18-10-5-6-13-22(18)33-28-23/h2-4,8-9,14,20H,1,5-7,10-13,15H2,(H,27,30)/t20-/m1/s1. The molecule has 1 atom stereocenters. The Bertz CT molecular complexity index is 1190. The summed E-state index contributed by atoms with van der Waals surface area (Å²) in [5, 5.41) is 11.7. The molecule has 2 aromatic heterocycles. The first-order chi connectivity index (χ1) is 16.1. The van der Waals surface area contributed by atoms with Gasteiger partial charge in [-0.15, -0.1) is 0 Å². The van der Waals surface area contributed by atoms with Crippen molar-refractivity contribution in [2.75, 3.05) is 0 Å². The fourth-order valence-electron chi connectivity index (χ4n) is 4.66. The van der Waals surface area contributed by atoms with E-state index in [1.165, 1.54) is 0 Å². The van der Waals surface area contributed by atoms with E-state index in [0.717, 1.165) is 67.5 Å². The van der Waals surface area contributed by atoms with Crippen molar-refractivity contribution in [2.24, 2.45) is 0 Å². The Kier molecular flexibility index (Phi) is 5.81. The second kappa shape index (κ2) is 9.05. The summed E-state index contributed by atoms with van der Waals surface area (Å²) in [5.74, 6) is 0.513. The Labute approximate surface area is 191 Å². The number of allylic oxidation sites excluding steroid dienone is 1. The minimum atomic E-state index is -0.442. The number of hydrogen-bond donors (Lipinski definition) is 1. The number of nitrogens with one attached hydrogen (secondary N) is 1. The molecule has 0 unspecified atom stereocenters. The molecule has 0 fully saturated rings. The summed E-state index contributed by atoms with van der Waals surface area (Å²) in [7, 11) is 0. The zero-order valence-electron chi connectivity index (χ0n) is 18.4. The highest BCUT2D eigenvalue weighted by Crippen LogP contribution is 2.31. The van der Waals surface area contributed by atoms with Gasteiger partial charge in [-0.05, 0) is 50.7 Å². The van der Waals surface area contributed by atoms with Crippen molar-refractivity contribution in [1.82, 2.24) is 20.3 Å². The molecule has 0 bridgehead atoms. The van der Waals surface area contributed by atoms with Crippen molar-refractivity contribution in [3.05, 3.63) is 82.7 Å². The molecule has 0 spiro atoms. The fourth-order valence-corrected chi connectivity index (χ4v) is 4.66. The third-order valence-electron chi connectivity index (χ3n) is 6.31. The van der Waals surface area contributed by atoms with Gasteiger partial charge in [-0.3, -0.25) is 9.48 Å². The number of benzene rings is 1. The van der Waals surface area contributed by atoms with Crippen LogP contribution in [0.4, 0.5) is 0 Å². The number of hydrogen-bond acceptors (Lipinski definition) is 6. The minimum Gasteiger partial charge on any atom is -0.426 e. The number of esters is 1. The minimum absolute atomic E-state index is 0.147. The van der Waals surface area contributed by atoms with E-state index in [1.54, 1.807) is 35.1 Å². The van der Waals surface area contributed by atoms with E-state index in [-0.39, 0.29) is 18.5 Å². The van der Waals surface area contributed by atoms with Crippen molar-refractivity contribution in [1.29, 1.82) is 0 Å². The third kappa shape index (κ3) is 4.33. The van der Waals surface area contributed by atoms with E-state index in [2.05, 4.69) is 22.2 Å². The lowest BCUT2D eigenvalue weighted by molar-refractivity contribution is 0.0609. The Morgan fingerprint density at radius 1 is 1.15 bits per heavy atom. The van der Waals surface area contributed by atoms with E-state index < -0.39 is 5.97 Å². The molecule has 3 aromatic rings. The van der Waals surface area contributed by atoms with Crippen LogP contribution in [-0.4, -0.2) is 26.8 Å². The van der Waals surface area contributed by atoms with Gasteiger partial charge in [0, 0.05) is 23.2 Å². The lowest BCUT2D eigenvalue weighted by atomic mass is 9.92. The molecule has 0 aliphatic heterocycles. The van der Waals surface area contributed by atoms with E-state index >= 15 is 0 Å². The Hall–Kier alpha value is -3.68. The Balaban J connectivity index is 1.26. The number of amides is 1. The SMILES string of the molecule is C=C(Cn1ncc2c1CCC[C@H]2NC(=O)c1noc2c1CCCC2)OC(=O)c1ccccc1. The van der Waals surface area contributed by atoms with Gasteiger partial charge in [0.05, 0.1) is 24.3 Å². The van der Waals surface area contributed by atoms with Gasteiger partial charge in [-0.25, -0.2) is 4.79 Å². The van der Waals surface area contributed by atoms with Gasteiger partial charge in [0.2, 0.25) is 0 Å². The Morgan fingerprint density at radius 2 is 1.97 bits per heavy atom. The van der Waals surface area contributed by atoms with E-state index in [1.807, 2.05) is 6.07 Å². The summed E-state index contributed by atoms with van der Waals surface area (Å²) in [4.78, 5) is 25.3. The maximum Gasteiger partial charge on any atom is 0.343 e. The smallest absolute Gasteiger partial charge is 0.343 e. The van der Waals surface area contributed by atoms with Gasteiger partial charge < -0.3 is 14.6 Å². The number of aryl methyl sites for hydroxylation is 1. The molecular formula is C25H26N4O4. The average molecular weight is 447 g/mol. The van der Waals surface area contributed by atoms with Crippen LogP contribution in [0.3, 0.4) is 0 Å². The lowest BCUT2D eigenvalue weighted by Crippen LogP contribution is -2.32. The molecule has 1 N–H and O–H groups in total. The van der Waals surface area contributed by atoms with Crippen molar-refractivity contribution in [3.8, 4) is 0 Å². The highest BCUT2D eigenvalue weighted by Gasteiger charge is 2.29. The molecule has 2 aliphatic carbocycles. The normalized spacial score (nSPS) is 17.0. The molecular weight excluding hydrogens is 420 g/mol. The zero-order valence-corrected chi connectivity index (χ0v) is 18.4. The van der Waals surface area contributed by atoms with E-state index in [0.29, 0.717) is 17.0 Å². The van der Waals surface area contributed by atoms with Crippen LogP contribution in [0.25, 0.3) is 0 Å². The van der Waals surface area contributed by atoms with Crippen molar-refractivity contribution >= 4 is 11.9 Å². The monoisotopic (exact) mass is 446 g/mol. The highest BCUT2D eigenvalue weighted by molar-refractivity contribution is 5.94. The quantitative estimate of drug-likeness (QED) is 0.455. The first-order valence-corrected chi connectivity index (χ1v) is 11.4. The molecule has 2 aliphatic rings. The average Bonchev–Trinajstić information content (AvgIpc) is 3.45. The number of carbonyl (C=O) groups is 2. The third-order valence-corrected chi connectivity index (χ3v) is 6.31. The summed E-state index contributed by atoms with van der Waals surface area (Å²) < 4.78 is 12.6. The van der Waals surface area contributed by atoms with Gasteiger partial charge >= 0.3 is 5.97 Å². The van der Waals surface area contributed by atoms with Crippen molar-refractivity contribution in [2.45, 2.75) is 57.5 Å². The van der Waals surface area contributed by atoms with Crippen LogP contribution in [0.15, 0.2) is 53.4 Å². The van der Waals surface area contributed by atoms with Gasteiger partial charge in [0.1, 0.15) is 11.5 Å². The lowest BCUT2D eigenvalue weighted by Gasteiger charge is -2.24. The van der Waals surface area contributed by atoms with Gasteiger partial charge in [0.15, 0.2) is 5.69 Å². The summed E-state index contributed by atoms with van der Waals surface area (Å²) in [6, 6.07) is 8.66. The van der Waals surface area contributed by atoms with Crippen molar-refractivity contribution in [3.63, 3.8) is 0 Å². The van der Waals surface area contributed by atoms with Crippen LogP contribution in [0.2, 0.25) is 0 Å². The maximum atomic E-state index is 13.0. The summed E-state index contributed by atoms with van der Waals surface area (Å²) in [5.41, 5.74) is 3.83. The van der Waals surface area contributed by atoms with Gasteiger partial charge in [-0.2, -0.15) is 5.10 Å². The molecule has 1 amide bonds. The molecule has 8 nitrogen and oxygen atoms in total. The first-order valence-electron chi connectivity index (χ1n) is 11.4. The van der Waals surface area contributed by atoms with E-state index in [4.69, 9.17) is 9.26 Å². The largest absolute Gasteiger partial charge is 0.426 e. The molecule has 170 valence electrons. The first kappa shape index (κ1) is 21.2. The second-order valence-corrected chi connectivity index (χ2v) is 8.56. The topological polar surface area (TPSA) is 99.2 Å². The number of rotatable bonds is 6. The predicted molar refractivity (Wildman–Crippen MR) is 120 cm³/mol. The van der Waals surface area contributed by atoms with Crippen LogP contribution in [0.1, 0.15) is 75.2 Å². The van der Waals surface area contributed by atoms with Crippen LogP contribution < -0.4 is 5.32 Å². The van der Waals surface area contributed by atoms with Crippen LogP contribution >= 0.6 is 0 Å². The molecule has 33 heavy (non-hydrogen) atoms. The summed E-state index contributed by atoms with van der Waals surface area (Å²) in [6.07, 6.45) is 8.15. The number of nitrogens with zero attached hydrogens (tertiary/aromatic N) is 3. The number of fused-ring (bicyclic) bond motifs is 2. The van der Waals surface area contributed by atoms with Crippen LogP contribution in [0, 0.1) is 0 Å². The number of ether oxygens (including phenoxy) is 1. The molecule has 5 rings (SSSR count). The molecule has 1 aromatic carbocycles. The van der Waals surface area contributed by atoms with Crippen LogP contribution in [-0.2, 0) is 30.5 Å². The summed E-state index contributed by atoms with van der Waals surface area (Å²) >= 11 is 0. The number of aromatic nitrogens is 3. The maximum absolute atomic E-state index is 13.0. The van der Waals surface area contributed by atoms with Crippen molar-refractivity contribution < 1.29 is 18.8 Å². The predicted octanol–water partition coefficient (Wildman–Crippen LogP) is 3.93. The second-order valence-electron chi connectivity index (χ2n) is 8.56. The van der Waals surface area contributed by atoms with Gasteiger partial charge in [-0.1, -0.05) is 29.9 Å². The summed E-state index contributed by atoms with van der Waals surface area (Å²) in [6.45, 7) is 4.16. The number of carbonyl (C=O) groups excluding carboxylic acids is 2. The highest BCUT2D eigenvalue weighted by atomic mass is 16.5. The Morgan fingerprint density at radius 3 is 2.82 bits per heavy atom. The zero-order chi connectivity index (χ0) is 22.8. The molecule has 0 radical (unpaired) electrons. The molecule has 8 heteroatoms. The fraction of sp³-hybridized carbons (Fsp3) is 0.360. The molecule has 0 saturated carbocycles. The molecule has 0 saturated heterocycles.